The molecular formula is C28H35Cl2N3O5Si. The Bertz CT molecular complexity index is 1440. The largest absolute Gasteiger partial charge is 0.413 e. The number of hydrogen-bond donors (Lipinski definition) is 0. The van der Waals surface area contributed by atoms with Crippen LogP contribution < -0.4 is 0 Å². The average Bonchev–Trinajstić information content (AvgIpc) is 3.44. The van der Waals surface area contributed by atoms with Crippen molar-refractivity contribution in [1.82, 2.24) is 14.5 Å². The molecule has 2 aliphatic heterocycles. The molecule has 39 heavy (non-hydrogen) atoms. The normalized spacial score (nSPS) is 26.8. The first-order valence-electron chi connectivity index (χ1n) is 13.0. The van der Waals surface area contributed by atoms with Crippen molar-refractivity contribution in [2.45, 2.75) is 96.1 Å². The maximum absolute atomic E-state index is 14.3. The molecule has 5 rings (SSSR count). The topological polar surface area (TPSA) is 84.7 Å². The third-order valence-corrected chi connectivity index (χ3v) is 13.2. The van der Waals surface area contributed by atoms with Gasteiger partial charge in [-0.25, -0.2) is 9.97 Å². The molecule has 1 aromatic carbocycles. The summed E-state index contributed by atoms with van der Waals surface area (Å²) in [5, 5.41) is 1.57. The summed E-state index contributed by atoms with van der Waals surface area (Å²) in [4.78, 5) is 22.8. The molecule has 210 valence electrons. The van der Waals surface area contributed by atoms with Gasteiger partial charge in [0.15, 0.2) is 32.2 Å². The molecule has 2 saturated heterocycles. The Morgan fingerprint density at radius 2 is 1.87 bits per heavy atom. The van der Waals surface area contributed by atoms with Gasteiger partial charge in [-0.3, -0.25) is 4.79 Å². The number of benzene rings is 1. The van der Waals surface area contributed by atoms with E-state index in [2.05, 4.69) is 43.8 Å². The second-order valence-corrected chi connectivity index (χ2v) is 18.1. The quantitative estimate of drug-likeness (QED) is 0.174. The fraction of sp³-hybridized carbons (Fsp3) is 0.536. The van der Waals surface area contributed by atoms with Crippen molar-refractivity contribution < 1.29 is 23.4 Å². The van der Waals surface area contributed by atoms with Gasteiger partial charge in [-0.05, 0) is 68.7 Å². The number of nitrogens with zero attached hydrogens (tertiary/aromatic N) is 3. The molecule has 0 bridgehead atoms. The number of carbonyl (C=O) groups is 1. The highest BCUT2D eigenvalue weighted by atomic mass is 35.5. The van der Waals surface area contributed by atoms with Crippen LogP contribution in [0.3, 0.4) is 0 Å². The molecule has 2 fully saturated rings. The highest BCUT2D eigenvalue weighted by Gasteiger charge is 2.66. The standard InChI is InChI=1S/C28H35Cl2N3O5Si/c1-26(2,3)39(7,8)35-14-16-13-17(29)9-10-18(16)20(34)21-28(6)22(37-27(4,5)38-28)25(36-21)33-12-11-19-23(30)31-15-32-24(19)33/h9-13,15,21-22,25H,14H2,1-8H3/t21-,22+,25?,28-/m1/s1. The van der Waals surface area contributed by atoms with E-state index in [9.17, 15) is 4.79 Å². The van der Waals surface area contributed by atoms with Gasteiger partial charge >= 0.3 is 0 Å². The van der Waals surface area contributed by atoms with Crippen molar-refractivity contribution in [3.05, 3.63) is 58.1 Å². The smallest absolute Gasteiger partial charge is 0.195 e. The summed E-state index contributed by atoms with van der Waals surface area (Å²) >= 11 is 12.7. The van der Waals surface area contributed by atoms with E-state index >= 15 is 0 Å². The number of ketones is 1. The first kappa shape index (κ1) is 28.7. The number of hydrogen-bond acceptors (Lipinski definition) is 7. The second kappa shape index (κ2) is 9.62. The lowest BCUT2D eigenvalue weighted by molar-refractivity contribution is -0.203. The summed E-state index contributed by atoms with van der Waals surface area (Å²) in [6, 6.07) is 7.07. The van der Waals surface area contributed by atoms with E-state index in [1.165, 1.54) is 6.33 Å². The summed E-state index contributed by atoms with van der Waals surface area (Å²) in [5.41, 5.74) is 0.711. The van der Waals surface area contributed by atoms with Gasteiger partial charge < -0.3 is 23.2 Å². The number of ether oxygens (including phenoxy) is 3. The molecule has 0 spiro atoms. The molecule has 0 saturated carbocycles. The van der Waals surface area contributed by atoms with Gasteiger partial charge in [-0.15, -0.1) is 0 Å². The van der Waals surface area contributed by atoms with Crippen molar-refractivity contribution in [3.8, 4) is 0 Å². The predicted octanol–water partition coefficient (Wildman–Crippen LogP) is 6.95. The zero-order valence-electron chi connectivity index (χ0n) is 23.5. The number of aromatic nitrogens is 3. The lowest BCUT2D eigenvalue weighted by atomic mass is 9.88. The van der Waals surface area contributed by atoms with Gasteiger partial charge in [0, 0.05) is 16.8 Å². The molecule has 8 nitrogen and oxygen atoms in total. The Labute approximate surface area is 240 Å². The van der Waals surface area contributed by atoms with Crippen molar-refractivity contribution in [1.29, 1.82) is 0 Å². The Balaban J connectivity index is 1.52. The van der Waals surface area contributed by atoms with E-state index in [1.54, 1.807) is 18.2 Å². The molecule has 0 radical (unpaired) electrons. The summed E-state index contributed by atoms with van der Waals surface area (Å²) in [6.45, 7) is 16.7. The van der Waals surface area contributed by atoms with Crippen molar-refractivity contribution in [2.75, 3.05) is 0 Å². The lowest BCUT2D eigenvalue weighted by Crippen LogP contribution is -2.47. The number of halogens is 2. The van der Waals surface area contributed by atoms with Crippen LogP contribution in [0.4, 0.5) is 0 Å². The Morgan fingerprint density at radius 3 is 2.56 bits per heavy atom. The fourth-order valence-electron chi connectivity index (χ4n) is 5.14. The van der Waals surface area contributed by atoms with Crippen LogP contribution in [0.5, 0.6) is 0 Å². The number of Topliss-reactive ketones (excluding diaryl/α,β-unsaturated/α-hetero) is 1. The molecule has 4 atom stereocenters. The minimum absolute atomic E-state index is 0.0187. The zero-order valence-corrected chi connectivity index (χ0v) is 26.1. The summed E-state index contributed by atoms with van der Waals surface area (Å²) < 4.78 is 27.6. The van der Waals surface area contributed by atoms with Crippen molar-refractivity contribution >= 4 is 48.3 Å². The molecule has 3 aromatic rings. The van der Waals surface area contributed by atoms with Crippen LogP contribution in [-0.4, -0.2) is 52.2 Å². The molecule has 11 heteroatoms. The van der Waals surface area contributed by atoms with Gasteiger partial charge in [0.2, 0.25) is 0 Å². The molecule has 0 aliphatic carbocycles. The van der Waals surface area contributed by atoms with E-state index in [1.807, 2.05) is 37.6 Å². The third-order valence-electron chi connectivity index (χ3n) is 8.20. The third kappa shape index (κ3) is 4.96. The van der Waals surface area contributed by atoms with Gasteiger partial charge in [0.25, 0.3) is 0 Å². The summed E-state index contributed by atoms with van der Waals surface area (Å²) in [6.07, 6.45) is 0.977. The molecular weight excluding hydrogens is 557 g/mol. The number of fused-ring (bicyclic) bond motifs is 2. The predicted molar refractivity (Wildman–Crippen MR) is 153 cm³/mol. The summed E-state index contributed by atoms with van der Waals surface area (Å²) in [5.74, 6) is -1.15. The van der Waals surface area contributed by atoms with Crippen LogP contribution in [0.25, 0.3) is 11.0 Å². The average molecular weight is 593 g/mol. The second-order valence-electron chi connectivity index (χ2n) is 12.5. The first-order chi connectivity index (χ1) is 18.0. The van der Waals surface area contributed by atoms with Crippen LogP contribution >= 0.6 is 23.2 Å². The Kier molecular flexibility index (Phi) is 7.07. The number of carbonyl (C=O) groups excluding carboxylic acids is 1. The van der Waals surface area contributed by atoms with Crippen molar-refractivity contribution in [3.63, 3.8) is 0 Å². The maximum Gasteiger partial charge on any atom is 0.195 e. The van der Waals surface area contributed by atoms with E-state index in [4.69, 9.17) is 41.8 Å². The van der Waals surface area contributed by atoms with Crippen molar-refractivity contribution in [2.24, 2.45) is 0 Å². The maximum atomic E-state index is 14.3. The fourth-order valence-corrected chi connectivity index (χ4v) is 6.48. The van der Waals surface area contributed by atoms with E-state index in [0.29, 0.717) is 32.3 Å². The van der Waals surface area contributed by atoms with Gasteiger partial charge in [0.1, 0.15) is 28.8 Å². The molecule has 4 heterocycles. The molecule has 1 unspecified atom stereocenters. The monoisotopic (exact) mass is 591 g/mol. The van der Waals surface area contributed by atoms with E-state index in [-0.39, 0.29) is 17.4 Å². The minimum atomic E-state index is -2.08. The Morgan fingerprint density at radius 1 is 1.15 bits per heavy atom. The van der Waals surface area contributed by atoms with Gasteiger partial charge in [-0.1, -0.05) is 44.0 Å². The molecule has 0 N–H and O–H groups in total. The Hall–Kier alpha value is -1.85. The van der Waals surface area contributed by atoms with Crippen LogP contribution in [0.15, 0.2) is 36.8 Å². The summed E-state index contributed by atoms with van der Waals surface area (Å²) in [7, 11) is -2.08. The molecule has 2 aromatic heterocycles. The SMILES string of the molecule is CC1(C)O[C@H]2C(n3ccc4c(Cl)ncnc43)O[C@H](C(=O)c3ccc(Cl)cc3CO[Si](C)(C)C(C)(C)C)[C@@]2(C)O1. The van der Waals surface area contributed by atoms with Gasteiger partial charge in [0.05, 0.1) is 12.0 Å². The minimum Gasteiger partial charge on any atom is -0.413 e. The van der Waals surface area contributed by atoms with Gasteiger partial charge in [-0.2, -0.15) is 0 Å². The molecule has 0 amide bonds. The molecule has 2 aliphatic rings. The first-order valence-corrected chi connectivity index (χ1v) is 16.7. The van der Waals surface area contributed by atoms with Crippen LogP contribution in [-0.2, 0) is 25.2 Å². The van der Waals surface area contributed by atoms with Crippen LogP contribution in [0.1, 0.15) is 63.7 Å². The highest BCUT2D eigenvalue weighted by Crippen LogP contribution is 2.51. The van der Waals surface area contributed by atoms with E-state index < -0.39 is 38.1 Å². The highest BCUT2D eigenvalue weighted by molar-refractivity contribution is 6.74. The zero-order chi connectivity index (χ0) is 28.5. The number of rotatable bonds is 6. The lowest BCUT2D eigenvalue weighted by Gasteiger charge is -2.36. The van der Waals surface area contributed by atoms with E-state index in [0.717, 1.165) is 0 Å². The van der Waals surface area contributed by atoms with Crippen LogP contribution in [0, 0.1) is 0 Å². The van der Waals surface area contributed by atoms with Crippen LogP contribution in [0.2, 0.25) is 28.3 Å².